The first-order chi connectivity index (χ1) is 8.06. The SMILES string of the molecule is Cc1ccc(N2N=C(CC(=O)O)CC2=O)cc1. The summed E-state index contributed by atoms with van der Waals surface area (Å²) in [5, 5.41) is 13.9. The number of benzene rings is 1. The largest absolute Gasteiger partial charge is 0.481 e. The molecule has 0 saturated carbocycles. The lowest BCUT2D eigenvalue weighted by Gasteiger charge is -2.11. The lowest BCUT2D eigenvalue weighted by Crippen LogP contribution is -2.19. The van der Waals surface area contributed by atoms with Gasteiger partial charge in [0.05, 0.1) is 24.2 Å². The number of amides is 1. The summed E-state index contributed by atoms with van der Waals surface area (Å²) in [4.78, 5) is 22.2. The molecular formula is C12H12N2O3. The highest BCUT2D eigenvalue weighted by atomic mass is 16.4. The number of nitrogens with zero attached hydrogens (tertiary/aromatic N) is 2. The molecule has 0 unspecified atom stereocenters. The minimum absolute atomic E-state index is 0.0835. The van der Waals surface area contributed by atoms with Crippen molar-refractivity contribution in [2.45, 2.75) is 19.8 Å². The lowest BCUT2D eigenvalue weighted by molar-refractivity contribution is -0.135. The fraction of sp³-hybridized carbons (Fsp3) is 0.250. The normalized spacial score (nSPS) is 15.0. The van der Waals surface area contributed by atoms with Crippen LogP contribution in [-0.4, -0.2) is 22.7 Å². The van der Waals surface area contributed by atoms with Crippen molar-refractivity contribution in [1.29, 1.82) is 0 Å². The molecule has 0 aliphatic carbocycles. The minimum atomic E-state index is -0.970. The zero-order valence-corrected chi connectivity index (χ0v) is 9.38. The van der Waals surface area contributed by atoms with Gasteiger partial charge >= 0.3 is 5.97 Å². The van der Waals surface area contributed by atoms with Crippen molar-refractivity contribution in [3.05, 3.63) is 29.8 Å². The molecule has 5 nitrogen and oxygen atoms in total. The van der Waals surface area contributed by atoms with E-state index < -0.39 is 5.97 Å². The molecule has 88 valence electrons. The van der Waals surface area contributed by atoms with Gasteiger partial charge < -0.3 is 5.11 Å². The van der Waals surface area contributed by atoms with Crippen LogP contribution in [0.25, 0.3) is 0 Å². The maximum absolute atomic E-state index is 11.7. The lowest BCUT2D eigenvalue weighted by atomic mass is 10.2. The van der Waals surface area contributed by atoms with Gasteiger partial charge in [-0.15, -0.1) is 0 Å². The number of anilines is 1. The van der Waals surface area contributed by atoms with E-state index in [9.17, 15) is 9.59 Å². The highest BCUT2D eigenvalue weighted by molar-refractivity contribution is 6.16. The summed E-state index contributed by atoms with van der Waals surface area (Å²) in [5.41, 5.74) is 2.15. The topological polar surface area (TPSA) is 70.0 Å². The number of hydrogen-bond donors (Lipinski definition) is 1. The van der Waals surface area contributed by atoms with Crippen LogP contribution in [0.15, 0.2) is 29.4 Å². The van der Waals surface area contributed by atoms with Crippen molar-refractivity contribution in [3.8, 4) is 0 Å². The monoisotopic (exact) mass is 232 g/mol. The summed E-state index contributed by atoms with van der Waals surface area (Å²) in [7, 11) is 0. The Balaban J connectivity index is 2.21. The number of aryl methyl sites for hydroxylation is 1. The fourth-order valence-corrected chi connectivity index (χ4v) is 1.64. The summed E-state index contributed by atoms with van der Waals surface area (Å²) in [6, 6.07) is 7.35. The van der Waals surface area contributed by atoms with Crippen LogP contribution in [0.5, 0.6) is 0 Å². The van der Waals surface area contributed by atoms with Gasteiger partial charge in [0.1, 0.15) is 0 Å². The molecule has 1 aliphatic rings. The molecule has 17 heavy (non-hydrogen) atoms. The molecule has 1 N–H and O–H groups in total. The van der Waals surface area contributed by atoms with Crippen molar-refractivity contribution in [2.24, 2.45) is 5.10 Å². The van der Waals surface area contributed by atoms with E-state index in [-0.39, 0.29) is 18.7 Å². The molecule has 1 heterocycles. The molecule has 0 atom stereocenters. The van der Waals surface area contributed by atoms with E-state index in [1.807, 2.05) is 19.1 Å². The summed E-state index contributed by atoms with van der Waals surface area (Å²) in [6.07, 6.45) is -0.103. The molecule has 0 fully saturated rings. The second-order valence-corrected chi connectivity index (χ2v) is 3.95. The molecule has 1 aliphatic heterocycles. The third kappa shape index (κ3) is 2.50. The third-order valence-electron chi connectivity index (χ3n) is 2.47. The highest BCUT2D eigenvalue weighted by Gasteiger charge is 2.26. The van der Waals surface area contributed by atoms with Gasteiger partial charge in [0.2, 0.25) is 0 Å². The van der Waals surface area contributed by atoms with Crippen LogP contribution in [0.1, 0.15) is 18.4 Å². The number of carbonyl (C=O) groups is 2. The second-order valence-electron chi connectivity index (χ2n) is 3.95. The Kier molecular flexibility index (Phi) is 2.91. The quantitative estimate of drug-likeness (QED) is 0.859. The molecule has 1 aromatic carbocycles. The molecule has 0 radical (unpaired) electrons. The first-order valence-corrected chi connectivity index (χ1v) is 5.24. The molecule has 5 heteroatoms. The Bertz CT molecular complexity index is 491. The number of hydrazone groups is 1. The van der Waals surface area contributed by atoms with Crippen LogP contribution in [0.3, 0.4) is 0 Å². The van der Waals surface area contributed by atoms with Gasteiger partial charge in [0.15, 0.2) is 0 Å². The van der Waals surface area contributed by atoms with Gasteiger partial charge in [-0.05, 0) is 19.1 Å². The first-order valence-electron chi connectivity index (χ1n) is 5.24. The van der Waals surface area contributed by atoms with Crippen LogP contribution in [0, 0.1) is 6.92 Å². The summed E-state index contributed by atoms with van der Waals surface area (Å²) < 4.78 is 0. The maximum atomic E-state index is 11.7. The van der Waals surface area contributed by atoms with Crippen molar-refractivity contribution in [2.75, 3.05) is 5.01 Å². The number of rotatable bonds is 3. The van der Waals surface area contributed by atoms with E-state index in [2.05, 4.69) is 5.10 Å². The van der Waals surface area contributed by atoms with Gasteiger partial charge in [0.25, 0.3) is 5.91 Å². The zero-order valence-electron chi connectivity index (χ0n) is 9.38. The highest BCUT2D eigenvalue weighted by Crippen LogP contribution is 2.21. The van der Waals surface area contributed by atoms with Gasteiger partial charge in [-0.25, -0.2) is 5.01 Å². The maximum Gasteiger partial charge on any atom is 0.309 e. The molecule has 0 bridgehead atoms. The smallest absolute Gasteiger partial charge is 0.309 e. The predicted molar refractivity (Wildman–Crippen MR) is 63.0 cm³/mol. The van der Waals surface area contributed by atoms with Crippen LogP contribution in [-0.2, 0) is 9.59 Å². The standard InChI is InChI=1S/C12H12N2O3/c1-8-2-4-10(5-3-8)14-11(15)6-9(13-14)7-12(16)17/h2-5H,6-7H2,1H3,(H,16,17). The number of carboxylic acids is 1. The average Bonchev–Trinajstić information content (AvgIpc) is 2.59. The van der Waals surface area contributed by atoms with Gasteiger partial charge in [-0.2, -0.15) is 5.10 Å². The second kappa shape index (κ2) is 4.37. The Morgan fingerprint density at radius 2 is 2.06 bits per heavy atom. The van der Waals surface area contributed by atoms with Crippen molar-refractivity contribution in [3.63, 3.8) is 0 Å². The van der Waals surface area contributed by atoms with Crippen molar-refractivity contribution >= 4 is 23.3 Å². The van der Waals surface area contributed by atoms with Crippen molar-refractivity contribution < 1.29 is 14.7 Å². The van der Waals surface area contributed by atoms with Crippen LogP contribution in [0.4, 0.5) is 5.69 Å². The third-order valence-corrected chi connectivity index (χ3v) is 2.47. The average molecular weight is 232 g/mol. The van der Waals surface area contributed by atoms with E-state index in [0.29, 0.717) is 11.4 Å². The van der Waals surface area contributed by atoms with Gasteiger partial charge in [-0.1, -0.05) is 17.7 Å². The van der Waals surface area contributed by atoms with Crippen molar-refractivity contribution in [1.82, 2.24) is 0 Å². The zero-order chi connectivity index (χ0) is 12.4. The Labute approximate surface area is 98.4 Å². The summed E-state index contributed by atoms with van der Waals surface area (Å²) >= 11 is 0. The summed E-state index contributed by atoms with van der Waals surface area (Å²) in [6.45, 7) is 1.95. The van der Waals surface area contributed by atoms with E-state index in [4.69, 9.17) is 5.11 Å². The first kappa shape index (κ1) is 11.3. The molecule has 2 rings (SSSR count). The number of carboxylic acid groups (broad SMARTS) is 1. The van der Waals surface area contributed by atoms with Gasteiger partial charge in [-0.3, -0.25) is 9.59 Å². The van der Waals surface area contributed by atoms with E-state index >= 15 is 0 Å². The van der Waals surface area contributed by atoms with E-state index in [1.54, 1.807) is 12.1 Å². The number of aliphatic carboxylic acids is 1. The molecule has 1 amide bonds. The Hall–Kier alpha value is -2.17. The Morgan fingerprint density at radius 3 is 2.65 bits per heavy atom. The van der Waals surface area contributed by atoms with E-state index in [0.717, 1.165) is 5.56 Å². The fourth-order valence-electron chi connectivity index (χ4n) is 1.64. The molecule has 1 aromatic rings. The number of carbonyl (C=O) groups excluding carboxylic acids is 1. The van der Waals surface area contributed by atoms with Crippen LogP contribution < -0.4 is 5.01 Å². The van der Waals surface area contributed by atoms with Crippen LogP contribution in [0.2, 0.25) is 0 Å². The molecule has 0 saturated heterocycles. The Morgan fingerprint density at radius 1 is 1.41 bits per heavy atom. The van der Waals surface area contributed by atoms with Gasteiger partial charge in [0, 0.05) is 0 Å². The number of hydrogen-bond acceptors (Lipinski definition) is 3. The minimum Gasteiger partial charge on any atom is -0.481 e. The van der Waals surface area contributed by atoms with E-state index in [1.165, 1.54) is 5.01 Å². The molecule has 0 aromatic heterocycles. The van der Waals surface area contributed by atoms with Crippen LogP contribution >= 0.6 is 0 Å². The summed E-state index contributed by atoms with van der Waals surface area (Å²) in [5.74, 6) is -1.16. The molecular weight excluding hydrogens is 220 g/mol. The predicted octanol–water partition coefficient (Wildman–Crippen LogP) is 1.56. The molecule has 0 spiro atoms.